The smallest absolute Gasteiger partial charge is 0.349 e. The molecule has 31 heavy (non-hydrogen) atoms. The minimum atomic E-state index is -0.685. The Morgan fingerprint density at radius 1 is 1.10 bits per heavy atom. The maximum absolute atomic E-state index is 12.7. The maximum Gasteiger partial charge on any atom is 0.349 e. The molecular weight excluding hydrogens is 420 g/mol. The topological polar surface area (TPSA) is 95.4 Å². The van der Waals surface area contributed by atoms with Gasteiger partial charge in [0.1, 0.15) is 5.56 Å². The Morgan fingerprint density at radius 3 is 2.45 bits per heavy atom. The molecule has 0 saturated heterocycles. The average Bonchev–Trinajstić information content (AvgIpc) is 3.17. The highest BCUT2D eigenvalue weighted by Crippen LogP contribution is 2.34. The summed E-state index contributed by atoms with van der Waals surface area (Å²) in [5.41, 5.74) is 0.969. The molecule has 2 aromatic heterocycles. The van der Waals surface area contributed by atoms with Gasteiger partial charge in [0, 0.05) is 22.9 Å². The summed E-state index contributed by atoms with van der Waals surface area (Å²) in [5, 5.41) is 5.11. The van der Waals surface area contributed by atoms with E-state index in [4.69, 9.17) is 25.3 Å². The number of carbonyl (C=O) groups excluding carboxylic acids is 1. The Hall–Kier alpha value is -3.45. The summed E-state index contributed by atoms with van der Waals surface area (Å²) in [6, 6.07) is 12.1. The van der Waals surface area contributed by atoms with Crippen LogP contribution >= 0.6 is 11.6 Å². The van der Waals surface area contributed by atoms with Crippen molar-refractivity contribution in [3.05, 3.63) is 63.5 Å². The summed E-state index contributed by atoms with van der Waals surface area (Å²) >= 11 is 5.92. The van der Waals surface area contributed by atoms with Crippen LogP contribution in [-0.2, 0) is 10.2 Å². The van der Waals surface area contributed by atoms with E-state index in [0.717, 1.165) is 5.56 Å². The summed E-state index contributed by atoms with van der Waals surface area (Å²) < 4.78 is 16.1. The van der Waals surface area contributed by atoms with Gasteiger partial charge in [0.25, 0.3) is 5.89 Å². The molecule has 2 aromatic carbocycles. The fourth-order valence-corrected chi connectivity index (χ4v) is 3.19. The molecule has 8 heteroatoms. The quantitative estimate of drug-likeness (QED) is 0.240. The third-order valence-electron chi connectivity index (χ3n) is 4.68. The Morgan fingerprint density at radius 2 is 1.81 bits per heavy atom. The van der Waals surface area contributed by atoms with Crippen molar-refractivity contribution in [1.29, 1.82) is 0 Å². The first-order valence-corrected chi connectivity index (χ1v) is 9.90. The van der Waals surface area contributed by atoms with Gasteiger partial charge < -0.3 is 13.7 Å². The highest BCUT2D eigenvalue weighted by Gasteiger charge is 2.22. The molecule has 0 aliphatic heterocycles. The van der Waals surface area contributed by atoms with Gasteiger partial charge in [-0.1, -0.05) is 37.5 Å². The number of hydrogen-bond acceptors (Lipinski definition) is 7. The van der Waals surface area contributed by atoms with E-state index >= 15 is 0 Å². The molecule has 0 spiro atoms. The molecule has 0 aliphatic carbocycles. The van der Waals surface area contributed by atoms with Gasteiger partial charge in [0.05, 0.1) is 0 Å². The highest BCUT2D eigenvalue weighted by atomic mass is 35.5. The first-order chi connectivity index (χ1) is 14.6. The predicted octanol–water partition coefficient (Wildman–Crippen LogP) is 5.39. The van der Waals surface area contributed by atoms with E-state index in [2.05, 4.69) is 10.1 Å². The van der Waals surface area contributed by atoms with Crippen molar-refractivity contribution in [2.24, 2.45) is 0 Å². The van der Waals surface area contributed by atoms with Crippen molar-refractivity contribution in [2.45, 2.75) is 33.1 Å². The predicted molar refractivity (Wildman–Crippen MR) is 116 cm³/mol. The third kappa shape index (κ3) is 4.22. The lowest BCUT2D eigenvalue weighted by Gasteiger charge is -2.20. The molecule has 0 amide bonds. The number of esters is 1. The van der Waals surface area contributed by atoms with Crippen LogP contribution in [0.4, 0.5) is 0 Å². The average molecular weight is 439 g/mol. The fraction of sp³-hybridized carbons (Fsp3) is 0.217. The van der Waals surface area contributed by atoms with Crippen LogP contribution in [0.15, 0.2) is 56.2 Å². The van der Waals surface area contributed by atoms with Crippen LogP contribution in [0.5, 0.6) is 5.75 Å². The monoisotopic (exact) mass is 438 g/mol. The number of hydrogen-bond donors (Lipinski definition) is 0. The van der Waals surface area contributed by atoms with Crippen LogP contribution in [0.25, 0.3) is 33.8 Å². The van der Waals surface area contributed by atoms with Crippen LogP contribution in [-0.4, -0.2) is 16.1 Å². The SMILES string of the molecule is CC(=O)Oc1cc(C(C)(C)C)cc2cc(-c3nc(-c4ccc(Cl)cc4)no3)c(=O)oc12. The zero-order chi connectivity index (χ0) is 22.3. The van der Waals surface area contributed by atoms with Crippen molar-refractivity contribution >= 4 is 28.5 Å². The van der Waals surface area contributed by atoms with E-state index in [0.29, 0.717) is 21.8 Å². The lowest BCUT2D eigenvalue weighted by Crippen LogP contribution is -2.13. The first-order valence-electron chi connectivity index (χ1n) is 9.52. The van der Waals surface area contributed by atoms with E-state index in [9.17, 15) is 9.59 Å². The molecular formula is C23H19ClN2O5. The van der Waals surface area contributed by atoms with Crippen LogP contribution in [0.3, 0.4) is 0 Å². The normalized spacial score (nSPS) is 11.6. The molecule has 2 heterocycles. The zero-order valence-corrected chi connectivity index (χ0v) is 18.1. The molecule has 0 N–H and O–H groups in total. The lowest BCUT2D eigenvalue weighted by atomic mass is 9.86. The van der Waals surface area contributed by atoms with E-state index in [1.165, 1.54) is 6.92 Å². The summed E-state index contributed by atoms with van der Waals surface area (Å²) in [7, 11) is 0. The van der Waals surface area contributed by atoms with Gasteiger partial charge in [0.2, 0.25) is 5.82 Å². The van der Waals surface area contributed by atoms with Gasteiger partial charge in [-0.15, -0.1) is 0 Å². The van der Waals surface area contributed by atoms with E-state index in [1.54, 1.807) is 36.4 Å². The molecule has 0 fully saturated rings. The standard InChI is InChI=1S/C23H19ClN2O5/c1-12(27)29-18-11-15(23(2,3)4)9-14-10-17(22(28)30-19(14)18)21-25-20(26-31-21)13-5-7-16(24)8-6-13/h5-11H,1-4H3. The van der Waals surface area contributed by atoms with Gasteiger partial charge in [-0.3, -0.25) is 4.79 Å². The number of carbonyl (C=O) groups is 1. The van der Waals surface area contributed by atoms with Crippen molar-refractivity contribution in [2.75, 3.05) is 0 Å². The van der Waals surface area contributed by atoms with Crippen LogP contribution in [0, 0.1) is 0 Å². The first kappa shape index (κ1) is 20.8. The Bertz CT molecular complexity index is 1350. The molecule has 0 aliphatic rings. The second-order valence-electron chi connectivity index (χ2n) is 8.11. The second kappa shape index (κ2) is 7.67. The summed E-state index contributed by atoms with van der Waals surface area (Å²) in [6.07, 6.45) is 0. The minimum Gasteiger partial charge on any atom is -0.423 e. The summed E-state index contributed by atoms with van der Waals surface area (Å²) in [4.78, 5) is 28.6. The minimum absolute atomic E-state index is 0.0239. The molecule has 0 bridgehead atoms. The number of nitrogens with zero attached hydrogens (tertiary/aromatic N) is 2. The van der Waals surface area contributed by atoms with Crippen molar-refractivity contribution in [3.63, 3.8) is 0 Å². The molecule has 4 aromatic rings. The second-order valence-corrected chi connectivity index (χ2v) is 8.55. The third-order valence-corrected chi connectivity index (χ3v) is 4.93. The Balaban J connectivity index is 1.86. The van der Waals surface area contributed by atoms with E-state index in [1.807, 2.05) is 26.8 Å². The van der Waals surface area contributed by atoms with E-state index < -0.39 is 11.6 Å². The van der Waals surface area contributed by atoms with Crippen molar-refractivity contribution < 1.29 is 18.5 Å². The van der Waals surface area contributed by atoms with Crippen LogP contribution < -0.4 is 10.4 Å². The van der Waals surface area contributed by atoms with Gasteiger partial charge in [-0.2, -0.15) is 4.98 Å². The van der Waals surface area contributed by atoms with Crippen LogP contribution in [0.1, 0.15) is 33.3 Å². The number of benzene rings is 2. The van der Waals surface area contributed by atoms with Gasteiger partial charge in [-0.05, 0) is 53.4 Å². The molecule has 4 rings (SSSR count). The van der Waals surface area contributed by atoms with Gasteiger partial charge >= 0.3 is 11.6 Å². The number of fused-ring (bicyclic) bond motifs is 1. The van der Waals surface area contributed by atoms with Gasteiger partial charge in [-0.25, -0.2) is 4.79 Å². The number of aromatic nitrogens is 2. The van der Waals surface area contributed by atoms with Crippen LogP contribution in [0.2, 0.25) is 5.02 Å². The largest absolute Gasteiger partial charge is 0.423 e. The Labute approximate surface area is 182 Å². The lowest BCUT2D eigenvalue weighted by molar-refractivity contribution is -0.131. The molecule has 0 radical (unpaired) electrons. The molecule has 0 atom stereocenters. The van der Waals surface area contributed by atoms with Crippen molar-refractivity contribution in [3.8, 4) is 28.6 Å². The maximum atomic E-state index is 12.7. The van der Waals surface area contributed by atoms with Crippen molar-refractivity contribution in [1.82, 2.24) is 10.1 Å². The Kier molecular flexibility index (Phi) is 5.15. The number of rotatable bonds is 3. The van der Waals surface area contributed by atoms with Gasteiger partial charge in [0.15, 0.2) is 11.3 Å². The summed E-state index contributed by atoms with van der Waals surface area (Å²) in [6.45, 7) is 7.38. The fourth-order valence-electron chi connectivity index (χ4n) is 3.06. The number of ether oxygens (including phenoxy) is 1. The molecule has 7 nitrogen and oxygen atoms in total. The number of halogens is 1. The molecule has 158 valence electrons. The molecule has 0 saturated carbocycles. The highest BCUT2D eigenvalue weighted by molar-refractivity contribution is 6.30. The van der Waals surface area contributed by atoms with E-state index in [-0.39, 0.29) is 28.2 Å². The zero-order valence-electron chi connectivity index (χ0n) is 17.4. The summed E-state index contributed by atoms with van der Waals surface area (Å²) in [5.74, 6) is 0.0144. The molecule has 0 unspecified atom stereocenters.